The Morgan fingerprint density at radius 3 is 2.55 bits per heavy atom. The summed E-state index contributed by atoms with van der Waals surface area (Å²) in [5, 5.41) is 0.591. The lowest BCUT2D eigenvalue weighted by Crippen LogP contribution is -2.51. The van der Waals surface area contributed by atoms with Gasteiger partial charge in [-0.05, 0) is 17.7 Å². The Kier molecular flexibility index (Phi) is 5.83. The Hall–Kier alpha value is -3.23. The van der Waals surface area contributed by atoms with E-state index < -0.39 is 0 Å². The molecule has 0 atom stereocenters. The van der Waals surface area contributed by atoms with E-state index in [1.165, 1.54) is 0 Å². The molecule has 0 spiro atoms. The van der Waals surface area contributed by atoms with Crippen LogP contribution >= 0.6 is 0 Å². The molecule has 1 saturated heterocycles. The third-order valence-corrected chi connectivity index (χ3v) is 4.94. The van der Waals surface area contributed by atoms with Crippen molar-refractivity contribution in [3.8, 4) is 0 Å². The van der Waals surface area contributed by atoms with Crippen molar-refractivity contribution >= 4 is 16.9 Å². The smallest absolute Gasteiger partial charge is 0.320 e. The average Bonchev–Trinajstić information content (AvgIpc) is 2.75. The molecule has 1 aliphatic heterocycles. The minimum Gasteiger partial charge on any atom is -0.320 e. The summed E-state index contributed by atoms with van der Waals surface area (Å²) in [5.74, 6) is 0.637. The van der Waals surface area contributed by atoms with Gasteiger partial charge in [0, 0.05) is 26.2 Å². The van der Waals surface area contributed by atoms with Crippen LogP contribution in [0.5, 0.6) is 0 Å². The minimum absolute atomic E-state index is 0.126. The number of H-pyrrole nitrogens is 1. The lowest BCUT2D eigenvalue weighted by molar-refractivity contribution is 0.0297. The van der Waals surface area contributed by atoms with Gasteiger partial charge in [0.2, 0.25) is 0 Å². The summed E-state index contributed by atoms with van der Waals surface area (Å²) in [6, 6.07) is 16.7. The van der Waals surface area contributed by atoms with E-state index in [-0.39, 0.29) is 11.6 Å². The zero-order valence-electron chi connectivity index (χ0n) is 16.0. The van der Waals surface area contributed by atoms with Crippen molar-refractivity contribution in [1.29, 1.82) is 0 Å². The van der Waals surface area contributed by atoms with Gasteiger partial charge in [-0.1, -0.05) is 42.5 Å². The molecule has 2 N–H and O–H groups in total. The van der Waals surface area contributed by atoms with Gasteiger partial charge in [0.15, 0.2) is 0 Å². The van der Waals surface area contributed by atoms with Gasteiger partial charge < -0.3 is 9.88 Å². The monoisotopic (exact) mass is 393 g/mol. The first-order chi connectivity index (χ1) is 14.2. The van der Waals surface area contributed by atoms with Gasteiger partial charge >= 0.3 is 6.03 Å². The Bertz CT molecular complexity index is 1030. The topological polar surface area (TPSA) is 90.6 Å². The van der Waals surface area contributed by atoms with Crippen LogP contribution in [0.25, 0.3) is 10.9 Å². The first-order valence-electron chi connectivity index (χ1n) is 9.60. The number of hydrogen-bond donors (Lipinski definition) is 2. The quantitative estimate of drug-likeness (QED) is 0.646. The Morgan fingerprint density at radius 2 is 1.76 bits per heavy atom. The normalized spacial score (nSPS) is 14.8. The molecule has 1 fully saturated rings. The average molecular weight is 393 g/mol. The van der Waals surface area contributed by atoms with Crippen LogP contribution in [0.15, 0.2) is 59.4 Å². The highest BCUT2D eigenvalue weighted by Gasteiger charge is 2.22. The Balaban J connectivity index is 1.26. The number of carbonyl (C=O) groups excluding carboxylic acids is 1. The first-order valence-corrected chi connectivity index (χ1v) is 9.60. The Morgan fingerprint density at radius 1 is 1.03 bits per heavy atom. The van der Waals surface area contributed by atoms with E-state index in [0.29, 0.717) is 56.1 Å². The maximum Gasteiger partial charge on any atom is 0.341 e. The summed E-state index contributed by atoms with van der Waals surface area (Å²) in [6.45, 7) is 3.43. The van der Waals surface area contributed by atoms with E-state index in [0.717, 1.165) is 5.56 Å². The van der Waals surface area contributed by atoms with Gasteiger partial charge in [-0.3, -0.25) is 14.5 Å². The number of aromatic amines is 1. The van der Waals surface area contributed by atoms with E-state index >= 15 is 0 Å². The van der Waals surface area contributed by atoms with E-state index in [2.05, 4.69) is 20.3 Å². The van der Waals surface area contributed by atoms with Crippen LogP contribution in [-0.2, 0) is 18.0 Å². The van der Waals surface area contributed by atoms with Crippen molar-refractivity contribution in [3.05, 3.63) is 76.3 Å². The second kappa shape index (κ2) is 8.85. The number of carbonyl (C=O) groups is 1. The molecule has 0 saturated carbocycles. The molecule has 2 aromatic carbocycles. The molecule has 8 nitrogen and oxygen atoms in total. The fraction of sp³-hybridized carbons (Fsp3) is 0.286. The standard InChI is InChI=1S/C21H23N5O3/c27-20-17-8-4-5-9-18(17)22-19(23-20)14-25-10-12-26(13-11-25)21(28)24-29-15-16-6-2-1-3-7-16/h1-9H,10-15H2,(H,24,28)(H,22,23,27). The van der Waals surface area contributed by atoms with Gasteiger partial charge in [0.25, 0.3) is 5.56 Å². The molecular weight excluding hydrogens is 370 g/mol. The predicted molar refractivity (Wildman–Crippen MR) is 109 cm³/mol. The molecule has 1 aromatic heterocycles. The number of nitrogens with zero attached hydrogens (tertiary/aromatic N) is 3. The third kappa shape index (κ3) is 4.79. The lowest BCUT2D eigenvalue weighted by Gasteiger charge is -2.34. The zero-order chi connectivity index (χ0) is 20.1. The maximum absolute atomic E-state index is 12.3. The minimum atomic E-state index is -0.238. The number of aromatic nitrogens is 2. The molecule has 0 bridgehead atoms. The maximum atomic E-state index is 12.3. The van der Waals surface area contributed by atoms with Crippen molar-refractivity contribution in [1.82, 2.24) is 25.2 Å². The number of amides is 2. The number of fused-ring (bicyclic) bond motifs is 1. The number of urea groups is 1. The molecule has 2 amide bonds. The van der Waals surface area contributed by atoms with Crippen LogP contribution in [-0.4, -0.2) is 52.0 Å². The molecule has 0 unspecified atom stereocenters. The van der Waals surface area contributed by atoms with Crippen molar-refractivity contribution in [2.24, 2.45) is 0 Å². The summed E-state index contributed by atoms with van der Waals surface area (Å²) in [4.78, 5) is 41.0. The Labute approximate surface area is 168 Å². The van der Waals surface area contributed by atoms with Crippen LogP contribution in [0.4, 0.5) is 4.79 Å². The van der Waals surface area contributed by atoms with Crippen LogP contribution in [0.3, 0.4) is 0 Å². The van der Waals surface area contributed by atoms with Crippen LogP contribution < -0.4 is 11.0 Å². The highest BCUT2D eigenvalue weighted by molar-refractivity contribution is 5.77. The number of rotatable bonds is 5. The summed E-state index contributed by atoms with van der Waals surface area (Å²) in [5.41, 5.74) is 4.07. The van der Waals surface area contributed by atoms with Gasteiger partial charge in [0.1, 0.15) is 5.82 Å². The molecule has 3 aromatic rings. The van der Waals surface area contributed by atoms with Gasteiger partial charge in [-0.15, -0.1) is 0 Å². The number of nitrogens with one attached hydrogen (secondary N) is 2. The zero-order valence-corrected chi connectivity index (χ0v) is 16.0. The van der Waals surface area contributed by atoms with Gasteiger partial charge in [0.05, 0.1) is 24.1 Å². The van der Waals surface area contributed by atoms with Gasteiger partial charge in [-0.25, -0.2) is 15.3 Å². The van der Waals surface area contributed by atoms with E-state index in [4.69, 9.17) is 4.84 Å². The first kappa shape index (κ1) is 19.1. The van der Waals surface area contributed by atoms with Crippen molar-refractivity contribution in [2.75, 3.05) is 26.2 Å². The number of piperazine rings is 1. The number of hydrogen-bond acceptors (Lipinski definition) is 5. The number of para-hydroxylation sites is 1. The molecule has 29 heavy (non-hydrogen) atoms. The summed E-state index contributed by atoms with van der Waals surface area (Å²) in [6.07, 6.45) is 0. The molecule has 2 heterocycles. The molecule has 150 valence electrons. The number of benzene rings is 2. The molecule has 4 rings (SSSR count). The van der Waals surface area contributed by atoms with E-state index in [1.54, 1.807) is 11.0 Å². The van der Waals surface area contributed by atoms with Crippen molar-refractivity contribution in [3.63, 3.8) is 0 Å². The fourth-order valence-electron chi connectivity index (χ4n) is 3.35. The fourth-order valence-corrected chi connectivity index (χ4v) is 3.35. The van der Waals surface area contributed by atoms with Crippen LogP contribution in [0, 0.1) is 0 Å². The van der Waals surface area contributed by atoms with Crippen LogP contribution in [0.2, 0.25) is 0 Å². The highest BCUT2D eigenvalue weighted by Crippen LogP contribution is 2.09. The molecule has 0 aliphatic carbocycles. The SMILES string of the molecule is O=C(NOCc1ccccc1)N1CCN(Cc2nc3ccccc3c(=O)[nH]2)CC1. The molecule has 1 aliphatic rings. The molecule has 0 radical (unpaired) electrons. The summed E-state index contributed by atoms with van der Waals surface area (Å²) in [7, 11) is 0. The summed E-state index contributed by atoms with van der Waals surface area (Å²) >= 11 is 0. The molecular formula is C21H23N5O3. The summed E-state index contributed by atoms with van der Waals surface area (Å²) < 4.78 is 0. The lowest BCUT2D eigenvalue weighted by atomic mass is 10.2. The van der Waals surface area contributed by atoms with Crippen molar-refractivity contribution < 1.29 is 9.63 Å². The second-order valence-electron chi connectivity index (χ2n) is 6.97. The predicted octanol–water partition coefficient (Wildman–Crippen LogP) is 1.88. The largest absolute Gasteiger partial charge is 0.341 e. The van der Waals surface area contributed by atoms with Gasteiger partial charge in [-0.2, -0.15) is 0 Å². The highest BCUT2D eigenvalue weighted by atomic mass is 16.7. The number of hydroxylamine groups is 1. The van der Waals surface area contributed by atoms with Crippen LogP contribution in [0.1, 0.15) is 11.4 Å². The van der Waals surface area contributed by atoms with Crippen molar-refractivity contribution in [2.45, 2.75) is 13.2 Å². The van der Waals surface area contributed by atoms with E-state index in [9.17, 15) is 9.59 Å². The van der Waals surface area contributed by atoms with E-state index in [1.807, 2.05) is 48.5 Å². The molecule has 8 heteroatoms. The third-order valence-electron chi connectivity index (χ3n) is 4.94. The second-order valence-corrected chi connectivity index (χ2v) is 6.97.